The van der Waals surface area contributed by atoms with Crippen molar-refractivity contribution in [2.24, 2.45) is 5.73 Å². The van der Waals surface area contributed by atoms with Crippen LogP contribution in [-0.4, -0.2) is 41.1 Å². The van der Waals surface area contributed by atoms with E-state index in [1.165, 1.54) is 0 Å². The second-order valence-corrected chi connectivity index (χ2v) is 7.29. The van der Waals surface area contributed by atoms with E-state index in [1.807, 2.05) is 49.1 Å². The van der Waals surface area contributed by atoms with Gasteiger partial charge in [-0.1, -0.05) is 43.2 Å². The molecule has 144 valence electrons. The Morgan fingerprint density at radius 3 is 2.46 bits per heavy atom. The average Bonchev–Trinajstić information content (AvgIpc) is 2.62. The number of nitrogens with one attached hydrogen (secondary N) is 1. The summed E-state index contributed by atoms with van der Waals surface area (Å²) in [6.07, 6.45) is 3.32. The molecule has 0 spiro atoms. The first-order chi connectivity index (χ1) is 12.4. The molecule has 2 amide bonds. The third kappa shape index (κ3) is 5.46. The lowest BCUT2D eigenvalue weighted by molar-refractivity contribution is -0.138. The number of hydrogen-bond acceptors (Lipinski definition) is 4. The summed E-state index contributed by atoms with van der Waals surface area (Å²) in [5, 5.41) is 2.97. The van der Waals surface area contributed by atoms with Crippen molar-refractivity contribution < 1.29 is 14.3 Å². The molecule has 2 rings (SSSR count). The van der Waals surface area contributed by atoms with Gasteiger partial charge in [-0.15, -0.1) is 0 Å². The topological polar surface area (TPSA) is 84.7 Å². The van der Waals surface area contributed by atoms with Crippen LogP contribution in [0, 0.1) is 0 Å². The lowest BCUT2D eigenvalue weighted by atomic mass is 9.88. The van der Waals surface area contributed by atoms with Gasteiger partial charge in [-0.05, 0) is 39.2 Å². The van der Waals surface area contributed by atoms with Crippen molar-refractivity contribution in [3.63, 3.8) is 0 Å². The van der Waals surface area contributed by atoms with Gasteiger partial charge in [0.05, 0.1) is 18.1 Å². The first-order valence-electron chi connectivity index (χ1n) is 9.45. The lowest BCUT2D eigenvalue weighted by Crippen LogP contribution is -2.59. The highest BCUT2D eigenvalue weighted by atomic mass is 16.5. The Morgan fingerprint density at radius 1 is 1.19 bits per heavy atom. The third-order valence-electron chi connectivity index (χ3n) is 4.80. The number of alkyl carbamates (subject to hydrolysis) is 1. The van der Waals surface area contributed by atoms with Gasteiger partial charge in [0.1, 0.15) is 6.61 Å². The van der Waals surface area contributed by atoms with Gasteiger partial charge >= 0.3 is 6.09 Å². The largest absolute Gasteiger partial charge is 0.445 e. The molecule has 26 heavy (non-hydrogen) atoms. The van der Waals surface area contributed by atoms with E-state index >= 15 is 0 Å². The molecule has 0 saturated heterocycles. The third-order valence-corrected chi connectivity index (χ3v) is 4.80. The Morgan fingerprint density at radius 2 is 1.85 bits per heavy atom. The summed E-state index contributed by atoms with van der Waals surface area (Å²) >= 11 is 0. The summed E-state index contributed by atoms with van der Waals surface area (Å²) in [4.78, 5) is 26.7. The molecule has 0 heterocycles. The summed E-state index contributed by atoms with van der Waals surface area (Å²) in [5.74, 6) is -0.0728. The summed E-state index contributed by atoms with van der Waals surface area (Å²) in [5.41, 5.74) is 6.78. The summed E-state index contributed by atoms with van der Waals surface area (Å²) < 4.78 is 5.35. The van der Waals surface area contributed by atoms with Gasteiger partial charge in [0.25, 0.3) is 0 Å². The quantitative estimate of drug-likeness (QED) is 0.816. The molecule has 1 aromatic rings. The molecule has 1 aliphatic rings. The van der Waals surface area contributed by atoms with Crippen LogP contribution in [0.25, 0.3) is 0 Å². The molecule has 0 aromatic heterocycles. The van der Waals surface area contributed by atoms with Crippen LogP contribution in [0.2, 0.25) is 0 Å². The number of hydrogen-bond donors (Lipinski definition) is 2. The van der Waals surface area contributed by atoms with E-state index in [4.69, 9.17) is 10.5 Å². The van der Waals surface area contributed by atoms with Crippen LogP contribution < -0.4 is 11.1 Å². The van der Waals surface area contributed by atoms with Crippen molar-refractivity contribution in [1.29, 1.82) is 0 Å². The molecule has 0 bridgehead atoms. The molecule has 0 aliphatic heterocycles. The first-order valence-corrected chi connectivity index (χ1v) is 9.45. The van der Waals surface area contributed by atoms with Gasteiger partial charge in [0.2, 0.25) is 5.91 Å². The molecule has 1 fully saturated rings. The zero-order chi connectivity index (χ0) is 19.1. The van der Waals surface area contributed by atoms with E-state index in [0.29, 0.717) is 0 Å². The summed E-state index contributed by atoms with van der Waals surface area (Å²) in [7, 11) is 0. The van der Waals surface area contributed by atoms with Crippen LogP contribution in [0.4, 0.5) is 4.79 Å². The van der Waals surface area contributed by atoms with Crippen molar-refractivity contribution >= 4 is 12.0 Å². The molecule has 3 N–H and O–H groups in total. The predicted molar refractivity (Wildman–Crippen MR) is 101 cm³/mol. The van der Waals surface area contributed by atoms with E-state index < -0.39 is 12.1 Å². The highest BCUT2D eigenvalue weighted by Gasteiger charge is 2.36. The molecular weight excluding hydrogens is 330 g/mol. The van der Waals surface area contributed by atoms with Gasteiger partial charge in [-0.3, -0.25) is 4.79 Å². The van der Waals surface area contributed by atoms with Crippen LogP contribution in [-0.2, 0) is 16.1 Å². The van der Waals surface area contributed by atoms with E-state index in [2.05, 4.69) is 5.32 Å². The van der Waals surface area contributed by atoms with E-state index in [-0.39, 0.29) is 30.6 Å². The van der Waals surface area contributed by atoms with Crippen LogP contribution in [0.1, 0.15) is 52.0 Å². The SMILES string of the molecule is CC(C)N(C(=O)[C@H](C)N)C1CCCCC1NC(=O)OCc1ccccc1. The van der Waals surface area contributed by atoms with Crippen molar-refractivity contribution in [1.82, 2.24) is 10.2 Å². The monoisotopic (exact) mass is 361 g/mol. The number of ether oxygens (including phenoxy) is 1. The Kier molecular flexibility index (Phi) is 7.45. The van der Waals surface area contributed by atoms with Crippen LogP contribution in [0.15, 0.2) is 30.3 Å². The molecule has 1 aliphatic carbocycles. The fraction of sp³-hybridized carbons (Fsp3) is 0.600. The van der Waals surface area contributed by atoms with E-state index in [0.717, 1.165) is 31.2 Å². The van der Waals surface area contributed by atoms with Gasteiger partial charge in [0.15, 0.2) is 0 Å². The number of benzene rings is 1. The minimum absolute atomic E-state index is 0.0289. The predicted octanol–water partition coefficient (Wildman–Crippen LogP) is 2.81. The van der Waals surface area contributed by atoms with E-state index in [1.54, 1.807) is 6.92 Å². The van der Waals surface area contributed by atoms with Gasteiger partial charge in [-0.25, -0.2) is 4.79 Å². The van der Waals surface area contributed by atoms with Crippen LogP contribution in [0.3, 0.4) is 0 Å². The molecule has 1 saturated carbocycles. The number of carbonyl (C=O) groups excluding carboxylic acids is 2. The van der Waals surface area contributed by atoms with E-state index in [9.17, 15) is 9.59 Å². The molecule has 2 unspecified atom stereocenters. The Labute approximate surface area is 156 Å². The first kappa shape index (κ1) is 20.2. The van der Waals surface area contributed by atoms with Crippen molar-refractivity contribution in [3.05, 3.63) is 35.9 Å². The number of nitrogens with two attached hydrogens (primary N) is 1. The van der Waals surface area contributed by atoms with Crippen LogP contribution >= 0.6 is 0 Å². The van der Waals surface area contributed by atoms with Crippen LogP contribution in [0.5, 0.6) is 0 Å². The van der Waals surface area contributed by atoms with Crippen molar-refractivity contribution in [2.75, 3.05) is 0 Å². The number of carbonyl (C=O) groups is 2. The summed E-state index contributed by atoms with van der Waals surface area (Å²) in [6, 6.07) is 8.89. The molecule has 6 heteroatoms. The highest BCUT2D eigenvalue weighted by molar-refractivity contribution is 5.82. The molecule has 3 atom stereocenters. The zero-order valence-electron chi connectivity index (χ0n) is 16.0. The maximum Gasteiger partial charge on any atom is 0.407 e. The fourth-order valence-corrected chi connectivity index (χ4v) is 3.56. The Bertz CT molecular complexity index is 589. The van der Waals surface area contributed by atoms with Crippen molar-refractivity contribution in [3.8, 4) is 0 Å². The molecular formula is C20H31N3O3. The molecule has 1 aromatic carbocycles. The normalized spacial score (nSPS) is 21.1. The Balaban J connectivity index is 2.00. The maximum absolute atomic E-state index is 12.6. The van der Waals surface area contributed by atoms with Crippen molar-refractivity contribution in [2.45, 2.75) is 77.2 Å². The minimum Gasteiger partial charge on any atom is -0.445 e. The minimum atomic E-state index is -0.551. The van der Waals surface area contributed by atoms with Gasteiger partial charge < -0.3 is 20.7 Å². The smallest absolute Gasteiger partial charge is 0.407 e. The average molecular weight is 361 g/mol. The zero-order valence-corrected chi connectivity index (χ0v) is 16.0. The number of amides is 2. The standard InChI is InChI=1S/C20H31N3O3/c1-14(2)23(19(24)15(3)21)18-12-8-7-11-17(18)22-20(25)26-13-16-9-5-4-6-10-16/h4-6,9-10,14-15,17-18H,7-8,11-13,21H2,1-3H3,(H,22,25)/t15-,17?,18?/m0/s1. The Hall–Kier alpha value is -2.08. The second kappa shape index (κ2) is 9.57. The second-order valence-electron chi connectivity index (χ2n) is 7.29. The fourth-order valence-electron chi connectivity index (χ4n) is 3.56. The lowest BCUT2D eigenvalue weighted by Gasteiger charge is -2.43. The summed E-state index contributed by atoms with van der Waals surface area (Å²) in [6.45, 7) is 5.91. The number of rotatable bonds is 6. The van der Waals surface area contributed by atoms with Gasteiger partial charge in [0, 0.05) is 6.04 Å². The molecule has 6 nitrogen and oxygen atoms in total. The number of nitrogens with zero attached hydrogens (tertiary/aromatic N) is 1. The maximum atomic E-state index is 12.6. The highest BCUT2D eigenvalue weighted by Crippen LogP contribution is 2.25. The van der Waals surface area contributed by atoms with Gasteiger partial charge in [-0.2, -0.15) is 0 Å². The molecule has 0 radical (unpaired) electrons.